The molecule has 0 saturated carbocycles. The van der Waals surface area contributed by atoms with Crippen molar-refractivity contribution in [3.8, 4) is 5.75 Å². The van der Waals surface area contributed by atoms with E-state index in [1.165, 1.54) is 12.1 Å². The number of nitro groups is 1. The zero-order valence-electron chi connectivity index (χ0n) is 19.6. The van der Waals surface area contributed by atoms with Crippen LogP contribution in [-0.4, -0.2) is 33.7 Å². The van der Waals surface area contributed by atoms with Crippen LogP contribution in [0.1, 0.15) is 69.4 Å². The Morgan fingerprint density at radius 2 is 1.52 bits per heavy atom. The van der Waals surface area contributed by atoms with Gasteiger partial charge in [0.05, 0.1) is 16.9 Å². The van der Waals surface area contributed by atoms with Gasteiger partial charge < -0.3 is 14.9 Å². The highest BCUT2D eigenvalue weighted by atomic mass is 35.5. The number of phenols is 1. The molecule has 8 nitrogen and oxygen atoms in total. The van der Waals surface area contributed by atoms with Gasteiger partial charge in [0.1, 0.15) is 17.4 Å². The summed E-state index contributed by atoms with van der Waals surface area (Å²) in [5.41, 5.74) is 0.903. The fourth-order valence-electron chi connectivity index (χ4n) is 2.81. The molecule has 180 valence electrons. The number of ether oxygens (including phenoxy) is 1. The SMILES string of the molecule is CC(C)(C)c1cc(C(=O)OCCC(=O)O)cc(C(C)(C)C)c1O.O=[N+]([O-])c1ccccc1Cl. The highest BCUT2D eigenvalue weighted by molar-refractivity contribution is 6.32. The molecule has 2 N–H and O–H groups in total. The largest absolute Gasteiger partial charge is 0.507 e. The van der Waals surface area contributed by atoms with Gasteiger partial charge in [0.15, 0.2) is 0 Å². The third kappa shape index (κ3) is 8.38. The van der Waals surface area contributed by atoms with Crippen molar-refractivity contribution < 1.29 is 29.5 Å². The minimum Gasteiger partial charge on any atom is -0.507 e. The summed E-state index contributed by atoms with van der Waals surface area (Å²) in [5.74, 6) is -1.41. The lowest BCUT2D eigenvalue weighted by atomic mass is 9.78. The molecule has 0 amide bonds. The number of para-hydroxylation sites is 1. The number of nitrogens with zero attached hydrogens (tertiary/aromatic N) is 1. The lowest BCUT2D eigenvalue weighted by Crippen LogP contribution is -2.19. The average molecular weight is 480 g/mol. The summed E-state index contributed by atoms with van der Waals surface area (Å²) in [7, 11) is 0. The van der Waals surface area contributed by atoms with E-state index in [-0.39, 0.29) is 40.3 Å². The van der Waals surface area contributed by atoms with Crippen LogP contribution in [0.3, 0.4) is 0 Å². The number of aliphatic carboxylic acids is 1. The first-order chi connectivity index (χ1) is 15.1. The lowest BCUT2D eigenvalue weighted by Gasteiger charge is -2.27. The van der Waals surface area contributed by atoms with E-state index in [1.807, 2.05) is 41.5 Å². The summed E-state index contributed by atoms with van der Waals surface area (Å²) < 4.78 is 5.01. The van der Waals surface area contributed by atoms with Crippen LogP contribution in [0.2, 0.25) is 5.02 Å². The summed E-state index contributed by atoms with van der Waals surface area (Å²) in [4.78, 5) is 32.3. The van der Waals surface area contributed by atoms with E-state index >= 15 is 0 Å². The Bertz CT molecular complexity index is 985. The molecule has 0 heterocycles. The van der Waals surface area contributed by atoms with Gasteiger partial charge in [-0.2, -0.15) is 0 Å². The quantitative estimate of drug-likeness (QED) is 0.312. The van der Waals surface area contributed by atoms with Crippen molar-refractivity contribution in [1.29, 1.82) is 0 Å². The highest BCUT2D eigenvalue weighted by Crippen LogP contribution is 2.39. The van der Waals surface area contributed by atoms with Gasteiger partial charge >= 0.3 is 11.9 Å². The first-order valence-electron chi connectivity index (χ1n) is 10.2. The first-order valence-corrected chi connectivity index (χ1v) is 10.6. The van der Waals surface area contributed by atoms with Crippen molar-refractivity contribution in [3.05, 3.63) is 68.2 Å². The second kappa shape index (κ2) is 11.1. The number of nitro benzene ring substituents is 1. The van der Waals surface area contributed by atoms with Crippen LogP contribution in [0.25, 0.3) is 0 Å². The fraction of sp³-hybridized carbons (Fsp3) is 0.417. The number of halogens is 1. The molecule has 2 rings (SSSR count). The molecule has 0 aliphatic rings. The van der Waals surface area contributed by atoms with Gasteiger partial charge in [0.2, 0.25) is 0 Å². The maximum absolute atomic E-state index is 12.2. The van der Waals surface area contributed by atoms with Crippen molar-refractivity contribution >= 4 is 29.2 Å². The van der Waals surface area contributed by atoms with E-state index in [2.05, 4.69) is 0 Å². The Morgan fingerprint density at radius 1 is 1.03 bits per heavy atom. The second-order valence-corrected chi connectivity index (χ2v) is 9.82. The van der Waals surface area contributed by atoms with E-state index in [4.69, 9.17) is 21.4 Å². The van der Waals surface area contributed by atoms with Crippen molar-refractivity contribution in [2.24, 2.45) is 0 Å². The third-order valence-electron chi connectivity index (χ3n) is 4.56. The van der Waals surface area contributed by atoms with E-state index in [0.717, 1.165) is 0 Å². The van der Waals surface area contributed by atoms with Crippen LogP contribution in [0, 0.1) is 10.1 Å². The molecule has 0 radical (unpaired) electrons. The lowest BCUT2D eigenvalue weighted by molar-refractivity contribution is -0.384. The summed E-state index contributed by atoms with van der Waals surface area (Å²) in [6, 6.07) is 9.31. The molecule has 0 aliphatic carbocycles. The average Bonchev–Trinajstić information content (AvgIpc) is 2.66. The molecule has 2 aromatic carbocycles. The van der Waals surface area contributed by atoms with Crippen molar-refractivity contribution in [2.75, 3.05) is 6.61 Å². The van der Waals surface area contributed by atoms with Crippen LogP contribution < -0.4 is 0 Å². The molecule has 2 aromatic rings. The van der Waals surface area contributed by atoms with Crippen LogP contribution in [0.5, 0.6) is 5.75 Å². The number of hydrogen-bond acceptors (Lipinski definition) is 6. The monoisotopic (exact) mass is 479 g/mol. The summed E-state index contributed by atoms with van der Waals surface area (Å²) >= 11 is 5.48. The summed E-state index contributed by atoms with van der Waals surface area (Å²) in [6.45, 7) is 11.5. The Labute approximate surface area is 198 Å². The Balaban J connectivity index is 0.000000451. The number of carbonyl (C=O) groups excluding carboxylic acids is 1. The van der Waals surface area contributed by atoms with Gasteiger partial charge in [0, 0.05) is 17.2 Å². The maximum Gasteiger partial charge on any atom is 0.338 e. The minimum atomic E-state index is -1.02. The predicted molar refractivity (Wildman–Crippen MR) is 126 cm³/mol. The Hall–Kier alpha value is -3.13. The van der Waals surface area contributed by atoms with Crippen LogP contribution in [0.15, 0.2) is 36.4 Å². The van der Waals surface area contributed by atoms with Crippen LogP contribution in [0.4, 0.5) is 5.69 Å². The van der Waals surface area contributed by atoms with Gasteiger partial charge in [0.25, 0.3) is 5.69 Å². The third-order valence-corrected chi connectivity index (χ3v) is 4.88. The smallest absolute Gasteiger partial charge is 0.338 e. The number of carbonyl (C=O) groups is 2. The molecule has 33 heavy (non-hydrogen) atoms. The highest BCUT2D eigenvalue weighted by Gasteiger charge is 2.28. The van der Waals surface area contributed by atoms with E-state index in [9.17, 15) is 24.8 Å². The molecule has 0 fully saturated rings. The normalized spacial score (nSPS) is 11.2. The van der Waals surface area contributed by atoms with E-state index in [0.29, 0.717) is 16.7 Å². The number of hydrogen-bond donors (Lipinski definition) is 2. The van der Waals surface area contributed by atoms with Crippen LogP contribution in [-0.2, 0) is 20.4 Å². The number of carboxylic acid groups (broad SMARTS) is 1. The van der Waals surface area contributed by atoms with E-state index < -0.39 is 16.9 Å². The molecule has 0 bridgehead atoms. The van der Waals surface area contributed by atoms with Crippen LogP contribution >= 0.6 is 11.6 Å². The molecule has 0 spiro atoms. The molecular formula is C24H30ClNO7. The van der Waals surface area contributed by atoms with E-state index in [1.54, 1.807) is 24.3 Å². The number of benzene rings is 2. The van der Waals surface area contributed by atoms with Gasteiger partial charge in [-0.05, 0) is 29.0 Å². The molecule has 0 atom stereocenters. The number of aromatic hydroxyl groups is 1. The standard InChI is InChI=1S/C18H26O5.C6H4ClNO2/c1-17(2,3)12-9-11(16(22)23-8-7-14(19)20)10-13(15(12)21)18(4,5)6;7-5-3-1-2-4-6(5)8(9)10/h9-10,21H,7-8H2,1-6H3,(H,19,20);1-4H. The zero-order valence-corrected chi connectivity index (χ0v) is 20.4. The summed E-state index contributed by atoms with van der Waals surface area (Å²) in [5, 5.41) is 29.5. The maximum atomic E-state index is 12.2. The van der Waals surface area contributed by atoms with Crippen molar-refractivity contribution in [2.45, 2.75) is 58.8 Å². The van der Waals surface area contributed by atoms with Crippen molar-refractivity contribution in [1.82, 2.24) is 0 Å². The number of carboxylic acids is 1. The minimum absolute atomic E-state index is 0.0517. The van der Waals surface area contributed by atoms with Gasteiger partial charge in [-0.3, -0.25) is 14.9 Å². The number of rotatable bonds is 5. The number of phenolic OH excluding ortho intramolecular Hbond substituents is 1. The Morgan fingerprint density at radius 3 is 1.88 bits per heavy atom. The number of esters is 1. The molecule has 0 aliphatic heterocycles. The predicted octanol–water partition coefficient (Wildman–Crippen LogP) is 5.87. The van der Waals surface area contributed by atoms with Crippen molar-refractivity contribution in [3.63, 3.8) is 0 Å². The zero-order chi connectivity index (χ0) is 25.6. The Kier molecular flexibility index (Phi) is 9.42. The second-order valence-electron chi connectivity index (χ2n) is 9.41. The van der Waals surface area contributed by atoms with Gasteiger partial charge in [-0.25, -0.2) is 4.79 Å². The topological polar surface area (TPSA) is 127 Å². The molecule has 0 unspecified atom stereocenters. The molecule has 0 saturated heterocycles. The fourth-order valence-corrected chi connectivity index (χ4v) is 3.01. The molecule has 9 heteroatoms. The van der Waals surface area contributed by atoms with Gasteiger partial charge in [-0.15, -0.1) is 0 Å². The molecule has 0 aromatic heterocycles. The van der Waals surface area contributed by atoms with Gasteiger partial charge in [-0.1, -0.05) is 65.3 Å². The first kappa shape index (κ1) is 27.9. The summed E-state index contributed by atoms with van der Waals surface area (Å²) in [6.07, 6.45) is -0.234. The molecular weight excluding hydrogens is 450 g/mol.